The van der Waals surface area contributed by atoms with Gasteiger partial charge < -0.3 is 9.64 Å². The average Bonchev–Trinajstić information content (AvgIpc) is 3.27. The van der Waals surface area contributed by atoms with Gasteiger partial charge in [-0.3, -0.25) is 14.5 Å². The Balaban J connectivity index is 1.65. The van der Waals surface area contributed by atoms with Crippen LogP contribution in [0.25, 0.3) is 16.9 Å². The highest BCUT2D eigenvalue weighted by Gasteiger charge is 2.17. The lowest BCUT2D eigenvalue weighted by atomic mass is 10.1. The lowest BCUT2D eigenvalue weighted by Gasteiger charge is -2.18. The molecule has 1 N–H and O–H groups in total. The van der Waals surface area contributed by atoms with E-state index in [0.29, 0.717) is 34.0 Å². The van der Waals surface area contributed by atoms with E-state index in [-0.39, 0.29) is 11.5 Å². The van der Waals surface area contributed by atoms with Gasteiger partial charge in [0, 0.05) is 30.7 Å². The molecule has 0 unspecified atom stereocenters. The first-order valence-corrected chi connectivity index (χ1v) is 9.67. The molecule has 0 saturated heterocycles. The Bertz CT molecular complexity index is 1410. The van der Waals surface area contributed by atoms with Gasteiger partial charge in [0.25, 0.3) is 5.91 Å². The molecule has 10 heteroatoms. The summed E-state index contributed by atoms with van der Waals surface area (Å²) in [5.41, 5.74) is 2.64. The third-order valence-corrected chi connectivity index (χ3v) is 4.99. The van der Waals surface area contributed by atoms with E-state index in [1.54, 1.807) is 60.4 Å². The zero-order valence-corrected chi connectivity index (χ0v) is 17.6. The number of amides is 2. The lowest BCUT2D eigenvalue weighted by Crippen LogP contribution is -2.26. The fourth-order valence-corrected chi connectivity index (χ4v) is 3.21. The molecular weight excluding hydrogens is 427 g/mol. The minimum absolute atomic E-state index is 0.142. The summed E-state index contributed by atoms with van der Waals surface area (Å²) in [6, 6.07) is 12.4. The third kappa shape index (κ3) is 4.20. The van der Waals surface area contributed by atoms with Crippen molar-refractivity contribution < 1.29 is 18.7 Å². The number of halogens is 1. The van der Waals surface area contributed by atoms with E-state index in [1.807, 2.05) is 0 Å². The summed E-state index contributed by atoms with van der Waals surface area (Å²) in [5, 5.41) is 11.5. The quantitative estimate of drug-likeness (QED) is 0.511. The van der Waals surface area contributed by atoms with Gasteiger partial charge in [0.1, 0.15) is 23.4 Å². The third-order valence-electron chi connectivity index (χ3n) is 4.99. The molecule has 33 heavy (non-hydrogen) atoms. The Morgan fingerprint density at radius 1 is 1.15 bits per heavy atom. The number of aromatic nitrogens is 3. The molecule has 4 rings (SSSR count). The SMILES string of the molecule is COC(=O)Nc1ccc(-c2cnc3ccc(C(=O)N(C)c4ccc(F)c(C#N)c4)cn23)cn1. The number of methoxy groups -OCH3 is 1. The first-order chi connectivity index (χ1) is 15.9. The minimum Gasteiger partial charge on any atom is -0.453 e. The summed E-state index contributed by atoms with van der Waals surface area (Å²) in [5.74, 6) is -0.663. The molecule has 9 nitrogen and oxygen atoms in total. The van der Waals surface area contributed by atoms with Crippen LogP contribution in [0.4, 0.5) is 20.7 Å². The molecular formula is C23H17FN6O3. The van der Waals surface area contributed by atoms with Crippen LogP contribution in [-0.4, -0.2) is 40.5 Å². The highest BCUT2D eigenvalue weighted by Crippen LogP contribution is 2.24. The Labute approximate surface area is 187 Å². The fourth-order valence-electron chi connectivity index (χ4n) is 3.21. The fraction of sp³-hybridized carbons (Fsp3) is 0.0870. The van der Waals surface area contributed by atoms with E-state index in [0.717, 1.165) is 6.07 Å². The first kappa shape index (κ1) is 21.5. The van der Waals surface area contributed by atoms with Crippen molar-refractivity contribution in [2.75, 3.05) is 24.4 Å². The van der Waals surface area contributed by atoms with Gasteiger partial charge in [0.2, 0.25) is 0 Å². The number of nitrogens with one attached hydrogen (secondary N) is 1. The summed E-state index contributed by atoms with van der Waals surface area (Å²) in [6.45, 7) is 0. The monoisotopic (exact) mass is 444 g/mol. The number of pyridine rings is 2. The van der Waals surface area contributed by atoms with Crippen LogP contribution < -0.4 is 10.2 Å². The van der Waals surface area contributed by atoms with Crippen LogP contribution in [0.1, 0.15) is 15.9 Å². The number of ether oxygens (including phenoxy) is 1. The maximum Gasteiger partial charge on any atom is 0.412 e. The predicted octanol–water partition coefficient (Wildman–Crippen LogP) is 3.86. The number of carbonyl (C=O) groups excluding carboxylic acids is 2. The van der Waals surface area contributed by atoms with Crippen LogP contribution in [0.5, 0.6) is 0 Å². The van der Waals surface area contributed by atoms with Gasteiger partial charge >= 0.3 is 6.09 Å². The van der Waals surface area contributed by atoms with Gasteiger partial charge in [-0.05, 0) is 42.5 Å². The largest absolute Gasteiger partial charge is 0.453 e. The van der Waals surface area contributed by atoms with Crippen molar-refractivity contribution in [1.29, 1.82) is 5.26 Å². The standard InChI is InChI=1S/C23H17FN6O3/c1-29(17-5-6-18(24)16(9-17)10-25)22(31)15-4-8-21-27-12-19(30(21)13-15)14-3-7-20(26-11-14)28-23(32)33-2/h3-9,11-13H,1-2H3,(H,26,28,32). The van der Waals surface area contributed by atoms with Crippen molar-refractivity contribution in [3.05, 3.63) is 78.0 Å². The maximum atomic E-state index is 13.6. The van der Waals surface area contributed by atoms with Gasteiger partial charge in [-0.25, -0.2) is 19.2 Å². The van der Waals surface area contributed by atoms with Gasteiger partial charge in [0.15, 0.2) is 0 Å². The highest BCUT2D eigenvalue weighted by atomic mass is 19.1. The molecule has 0 fully saturated rings. The second-order valence-corrected chi connectivity index (χ2v) is 6.98. The van der Waals surface area contributed by atoms with E-state index in [4.69, 9.17) is 5.26 Å². The van der Waals surface area contributed by atoms with Crippen molar-refractivity contribution >= 4 is 29.2 Å². The molecule has 0 saturated carbocycles. The number of carbonyl (C=O) groups is 2. The maximum absolute atomic E-state index is 13.6. The molecule has 0 spiro atoms. The molecule has 0 bridgehead atoms. The van der Waals surface area contributed by atoms with E-state index >= 15 is 0 Å². The zero-order valence-electron chi connectivity index (χ0n) is 17.6. The van der Waals surface area contributed by atoms with Crippen LogP contribution in [-0.2, 0) is 4.74 Å². The van der Waals surface area contributed by atoms with E-state index in [2.05, 4.69) is 20.0 Å². The lowest BCUT2D eigenvalue weighted by molar-refractivity contribution is 0.0992. The highest BCUT2D eigenvalue weighted by molar-refractivity contribution is 6.05. The number of hydrogen-bond acceptors (Lipinski definition) is 6. The molecule has 0 aliphatic heterocycles. The smallest absolute Gasteiger partial charge is 0.412 e. The Morgan fingerprint density at radius 3 is 2.67 bits per heavy atom. The molecule has 2 amide bonds. The second-order valence-electron chi connectivity index (χ2n) is 6.98. The van der Waals surface area contributed by atoms with E-state index < -0.39 is 11.9 Å². The number of nitriles is 1. The van der Waals surface area contributed by atoms with E-state index in [9.17, 15) is 14.0 Å². The normalized spacial score (nSPS) is 10.5. The molecule has 3 heterocycles. The first-order valence-electron chi connectivity index (χ1n) is 9.67. The summed E-state index contributed by atoms with van der Waals surface area (Å²) in [6.07, 6.45) is 4.24. The number of hydrogen-bond donors (Lipinski definition) is 1. The molecule has 1 aromatic carbocycles. The average molecular weight is 444 g/mol. The Hall–Kier alpha value is -4.78. The van der Waals surface area contributed by atoms with E-state index in [1.165, 1.54) is 24.1 Å². The minimum atomic E-state index is -0.645. The number of benzene rings is 1. The van der Waals surface area contributed by atoms with Gasteiger partial charge in [0.05, 0.1) is 30.1 Å². The van der Waals surface area contributed by atoms with Crippen molar-refractivity contribution in [2.45, 2.75) is 0 Å². The summed E-state index contributed by atoms with van der Waals surface area (Å²) >= 11 is 0. The van der Waals surface area contributed by atoms with Crippen LogP contribution in [0.2, 0.25) is 0 Å². The molecule has 0 radical (unpaired) electrons. The van der Waals surface area contributed by atoms with Crippen molar-refractivity contribution in [2.24, 2.45) is 0 Å². The number of anilines is 2. The molecule has 0 aliphatic rings. The summed E-state index contributed by atoms with van der Waals surface area (Å²) < 4.78 is 19.9. The number of nitrogens with zero attached hydrogens (tertiary/aromatic N) is 5. The topological polar surface area (TPSA) is 113 Å². The van der Waals surface area contributed by atoms with Crippen molar-refractivity contribution in [1.82, 2.24) is 14.4 Å². The zero-order chi connectivity index (χ0) is 23.5. The molecule has 164 valence electrons. The Kier molecular flexibility index (Phi) is 5.69. The van der Waals surface area contributed by atoms with Gasteiger partial charge in [-0.15, -0.1) is 0 Å². The number of rotatable bonds is 4. The Morgan fingerprint density at radius 2 is 1.97 bits per heavy atom. The van der Waals surface area contributed by atoms with Crippen molar-refractivity contribution in [3.63, 3.8) is 0 Å². The molecule has 0 atom stereocenters. The van der Waals surface area contributed by atoms with Gasteiger partial charge in [-0.1, -0.05) is 0 Å². The van der Waals surface area contributed by atoms with Gasteiger partial charge in [-0.2, -0.15) is 5.26 Å². The summed E-state index contributed by atoms with van der Waals surface area (Å²) in [7, 11) is 2.81. The number of imidazole rings is 1. The second kappa shape index (κ2) is 8.76. The molecule has 4 aromatic rings. The molecule has 3 aromatic heterocycles. The van der Waals surface area contributed by atoms with Crippen LogP contribution in [0, 0.1) is 17.1 Å². The summed E-state index contributed by atoms with van der Waals surface area (Å²) in [4.78, 5) is 34.3. The predicted molar refractivity (Wildman–Crippen MR) is 118 cm³/mol. The van der Waals surface area contributed by atoms with Crippen LogP contribution >= 0.6 is 0 Å². The van der Waals surface area contributed by atoms with Crippen LogP contribution in [0.3, 0.4) is 0 Å². The molecule has 0 aliphatic carbocycles. The van der Waals surface area contributed by atoms with Crippen LogP contribution in [0.15, 0.2) is 61.1 Å². The van der Waals surface area contributed by atoms with Crippen molar-refractivity contribution in [3.8, 4) is 17.3 Å². The number of fused-ring (bicyclic) bond motifs is 1.